The number of hydrogen-bond donors (Lipinski definition) is 1. The molecular weight excluding hydrogens is 288 g/mol. The number of carbonyl (C=O) groups excluding carboxylic acids is 1. The Balaban J connectivity index is 2.90. The second-order valence-corrected chi connectivity index (χ2v) is 7.91. The summed E-state index contributed by atoms with van der Waals surface area (Å²) in [6.45, 7) is 7.10. The number of nitrogens with one attached hydrogen (secondary N) is 1. The first-order valence-electron chi connectivity index (χ1n) is 6.91. The molecule has 0 heterocycles. The van der Waals surface area contributed by atoms with Crippen molar-refractivity contribution >= 4 is 21.6 Å². The largest absolute Gasteiger partial charge is 0.325 e. The lowest BCUT2D eigenvalue weighted by molar-refractivity contribution is -0.117. The number of hydrogen-bond acceptors (Lipinski definition) is 3. The highest BCUT2D eigenvalue weighted by Gasteiger charge is 2.31. The monoisotopic (exact) mass is 312 g/mol. The zero-order valence-electron chi connectivity index (χ0n) is 13.3. The number of benzene rings is 1. The van der Waals surface area contributed by atoms with Gasteiger partial charge in [-0.2, -0.15) is 4.31 Å². The van der Waals surface area contributed by atoms with Gasteiger partial charge in [0.2, 0.25) is 15.9 Å². The van der Waals surface area contributed by atoms with Gasteiger partial charge in [-0.1, -0.05) is 25.1 Å². The molecule has 0 saturated carbocycles. The minimum absolute atomic E-state index is 0.194. The first-order chi connectivity index (χ1) is 9.55. The van der Waals surface area contributed by atoms with Gasteiger partial charge in [0.1, 0.15) is 0 Å². The van der Waals surface area contributed by atoms with Gasteiger partial charge in [-0.05, 0) is 38.8 Å². The van der Waals surface area contributed by atoms with Gasteiger partial charge in [-0.15, -0.1) is 0 Å². The van der Waals surface area contributed by atoms with Crippen LogP contribution in [0.5, 0.6) is 0 Å². The van der Waals surface area contributed by atoms with Crippen LogP contribution in [0, 0.1) is 0 Å². The van der Waals surface area contributed by atoms with Crippen LogP contribution in [0.1, 0.15) is 33.3 Å². The van der Waals surface area contributed by atoms with Gasteiger partial charge < -0.3 is 5.32 Å². The molecule has 1 aromatic rings. The fourth-order valence-corrected chi connectivity index (χ4v) is 3.47. The first kappa shape index (κ1) is 17.7. The number of para-hydroxylation sites is 1. The van der Waals surface area contributed by atoms with E-state index in [9.17, 15) is 13.2 Å². The average molecular weight is 312 g/mol. The number of amides is 1. The molecule has 1 aromatic carbocycles. The number of rotatable bonds is 5. The van der Waals surface area contributed by atoms with Crippen molar-refractivity contribution in [2.75, 3.05) is 18.1 Å². The SMILES string of the molecule is CCc1ccccc1NC(=O)CN(C(C)(C)C)S(C)(=O)=O. The summed E-state index contributed by atoms with van der Waals surface area (Å²) in [5.41, 5.74) is 1.11. The molecule has 6 heteroatoms. The van der Waals surface area contributed by atoms with Crippen LogP contribution < -0.4 is 5.32 Å². The predicted octanol–water partition coefficient (Wildman–Crippen LogP) is 2.25. The van der Waals surface area contributed by atoms with Crippen molar-refractivity contribution in [1.82, 2.24) is 4.31 Å². The number of carbonyl (C=O) groups is 1. The van der Waals surface area contributed by atoms with Gasteiger partial charge >= 0.3 is 0 Å². The molecular formula is C15H24N2O3S. The van der Waals surface area contributed by atoms with E-state index in [4.69, 9.17) is 0 Å². The highest BCUT2D eigenvalue weighted by molar-refractivity contribution is 7.88. The molecule has 0 aromatic heterocycles. The molecule has 0 unspecified atom stereocenters. The Hall–Kier alpha value is -1.40. The van der Waals surface area contributed by atoms with Crippen LogP contribution in [-0.2, 0) is 21.2 Å². The lowest BCUT2D eigenvalue weighted by atomic mass is 10.1. The minimum Gasteiger partial charge on any atom is -0.325 e. The molecule has 0 fully saturated rings. The Morgan fingerprint density at radius 1 is 1.24 bits per heavy atom. The number of aryl methyl sites for hydroxylation is 1. The van der Waals surface area contributed by atoms with Gasteiger partial charge in [0.15, 0.2) is 0 Å². The molecule has 0 spiro atoms. The summed E-state index contributed by atoms with van der Waals surface area (Å²) < 4.78 is 24.9. The normalized spacial score (nSPS) is 12.5. The zero-order chi connectivity index (χ0) is 16.3. The zero-order valence-corrected chi connectivity index (χ0v) is 14.1. The molecule has 1 N–H and O–H groups in total. The quantitative estimate of drug-likeness (QED) is 0.907. The standard InChI is InChI=1S/C15H24N2O3S/c1-6-12-9-7-8-10-13(12)16-14(18)11-17(15(2,3)4)21(5,19)20/h7-10H,6,11H2,1-5H3,(H,16,18). The van der Waals surface area contributed by atoms with Crippen molar-refractivity contribution in [2.45, 2.75) is 39.7 Å². The van der Waals surface area contributed by atoms with Gasteiger partial charge in [0.05, 0.1) is 12.8 Å². The number of anilines is 1. The maximum Gasteiger partial charge on any atom is 0.239 e. The van der Waals surface area contributed by atoms with Gasteiger partial charge in [0.25, 0.3) is 0 Å². The lowest BCUT2D eigenvalue weighted by Crippen LogP contribution is -2.48. The van der Waals surface area contributed by atoms with E-state index in [0.717, 1.165) is 23.9 Å². The summed E-state index contributed by atoms with van der Waals surface area (Å²) in [6, 6.07) is 7.51. The second-order valence-electron chi connectivity index (χ2n) is 6.00. The van der Waals surface area contributed by atoms with E-state index in [2.05, 4.69) is 5.32 Å². The van der Waals surface area contributed by atoms with Crippen molar-refractivity contribution in [3.63, 3.8) is 0 Å². The summed E-state index contributed by atoms with van der Waals surface area (Å²) in [4.78, 5) is 12.2. The van der Waals surface area contributed by atoms with Crippen LogP contribution in [0.15, 0.2) is 24.3 Å². The van der Waals surface area contributed by atoms with Crippen molar-refractivity contribution in [1.29, 1.82) is 0 Å². The van der Waals surface area contributed by atoms with E-state index in [0.29, 0.717) is 0 Å². The van der Waals surface area contributed by atoms with Crippen molar-refractivity contribution in [3.05, 3.63) is 29.8 Å². The van der Waals surface area contributed by atoms with Crippen LogP contribution in [0.25, 0.3) is 0 Å². The molecule has 1 rings (SSSR count). The molecule has 1 amide bonds. The topological polar surface area (TPSA) is 66.5 Å². The highest BCUT2D eigenvalue weighted by Crippen LogP contribution is 2.19. The predicted molar refractivity (Wildman–Crippen MR) is 85.8 cm³/mol. The molecule has 5 nitrogen and oxygen atoms in total. The second kappa shape index (κ2) is 6.58. The van der Waals surface area contributed by atoms with E-state index < -0.39 is 15.6 Å². The van der Waals surface area contributed by atoms with Crippen LogP contribution >= 0.6 is 0 Å². The van der Waals surface area contributed by atoms with Crippen LogP contribution in [0.4, 0.5) is 5.69 Å². The third-order valence-electron chi connectivity index (χ3n) is 3.11. The van der Waals surface area contributed by atoms with E-state index in [1.807, 2.05) is 31.2 Å². The van der Waals surface area contributed by atoms with Crippen LogP contribution in [-0.4, -0.2) is 37.0 Å². The summed E-state index contributed by atoms with van der Waals surface area (Å²) in [5, 5.41) is 2.79. The summed E-state index contributed by atoms with van der Waals surface area (Å²) in [5.74, 6) is -0.337. The third kappa shape index (κ3) is 5.13. The maximum absolute atomic E-state index is 12.2. The van der Waals surface area contributed by atoms with Crippen molar-refractivity contribution in [3.8, 4) is 0 Å². The van der Waals surface area contributed by atoms with Gasteiger partial charge in [-0.25, -0.2) is 8.42 Å². The molecule has 0 aliphatic heterocycles. The van der Waals surface area contributed by atoms with E-state index in [-0.39, 0.29) is 12.5 Å². The summed E-state index contributed by atoms with van der Waals surface area (Å²) in [7, 11) is -3.45. The molecule has 0 bridgehead atoms. The lowest BCUT2D eigenvalue weighted by Gasteiger charge is -2.32. The van der Waals surface area contributed by atoms with E-state index in [1.54, 1.807) is 20.8 Å². The molecule has 0 aliphatic rings. The van der Waals surface area contributed by atoms with Crippen LogP contribution in [0.3, 0.4) is 0 Å². The van der Waals surface area contributed by atoms with E-state index in [1.165, 1.54) is 4.31 Å². The van der Waals surface area contributed by atoms with Gasteiger partial charge in [0, 0.05) is 11.2 Å². The Labute approximate surface area is 127 Å². The summed E-state index contributed by atoms with van der Waals surface area (Å²) in [6.07, 6.45) is 1.91. The fraction of sp³-hybridized carbons (Fsp3) is 0.533. The van der Waals surface area contributed by atoms with Crippen molar-refractivity contribution < 1.29 is 13.2 Å². The van der Waals surface area contributed by atoms with Crippen molar-refractivity contribution in [2.24, 2.45) is 0 Å². The molecule has 0 saturated heterocycles. The molecule has 21 heavy (non-hydrogen) atoms. The van der Waals surface area contributed by atoms with Crippen LogP contribution in [0.2, 0.25) is 0 Å². The molecule has 118 valence electrons. The number of sulfonamides is 1. The highest BCUT2D eigenvalue weighted by atomic mass is 32.2. The van der Waals surface area contributed by atoms with E-state index >= 15 is 0 Å². The number of nitrogens with zero attached hydrogens (tertiary/aromatic N) is 1. The Morgan fingerprint density at radius 3 is 2.29 bits per heavy atom. The van der Waals surface area contributed by atoms with Gasteiger partial charge in [-0.3, -0.25) is 4.79 Å². The minimum atomic E-state index is -3.45. The Morgan fingerprint density at radius 2 is 1.81 bits per heavy atom. The summed E-state index contributed by atoms with van der Waals surface area (Å²) >= 11 is 0. The third-order valence-corrected chi connectivity index (χ3v) is 4.59. The molecule has 0 atom stereocenters. The smallest absolute Gasteiger partial charge is 0.239 e. The molecule has 0 aliphatic carbocycles. The fourth-order valence-electron chi connectivity index (χ4n) is 2.12. The Bertz CT molecular complexity index is 604. The first-order valence-corrected chi connectivity index (χ1v) is 8.76. The average Bonchev–Trinajstić information content (AvgIpc) is 2.34. The molecule has 0 radical (unpaired) electrons. The maximum atomic E-state index is 12.2. The Kier molecular flexibility index (Phi) is 5.53.